The molecular weight excluding hydrogens is 352 g/mol. The van der Waals surface area contributed by atoms with E-state index in [1.165, 1.54) is 5.56 Å². The number of rotatable bonds is 5. The number of nitrogens with one attached hydrogen (secondary N) is 1. The number of benzene rings is 2. The Kier molecular flexibility index (Phi) is 4.74. The lowest BCUT2D eigenvalue weighted by atomic mass is 10.1. The van der Waals surface area contributed by atoms with Crippen LogP contribution in [0.25, 0.3) is 21.9 Å². The second-order valence-electron chi connectivity index (χ2n) is 7.14. The van der Waals surface area contributed by atoms with Crippen LogP contribution < -0.4 is 10.9 Å². The van der Waals surface area contributed by atoms with Crippen molar-refractivity contribution in [3.8, 4) is 0 Å². The Hall–Kier alpha value is -3.34. The zero-order chi connectivity index (χ0) is 19.7. The third kappa shape index (κ3) is 3.31. The molecule has 2 aromatic carbocycles. The first-order valence-corrected chi connectivity index (χ1v) is 9.40. The Morgan fingerprint density at radius 1 is 1.07 bits per heavy atom. The first-order chi connectivity index (χ1) is 13.5. The molecule has 142 valence electrons. The second kappa shape index (κ2) is 7.35. The molecule has 0 spiro atoms. The predicted molar refractivity (Wildman–Crippen MR) is 111 cm³/mol. The number of hydrogen-bond donors (Lipinski definition) is 1. The van der Waals surface area contributed by atoms with E-state index in [0.29, 0.717) is 22.2 Å². The highest BCUT2D eigenvalue weighted by Gasteiger charge is 2.19. The molecule has 0 fully saturated rings. The number of fused-ring (bicyclic) bond motifs is 3. The van der Waals surface area contributed by atoms with E-state index in [2.05, 4.69) is 17.4 Å². The van der Waals surface area contributed by atoms with Gasteiger partial charge < -0.3 is 14.3 Å². The first kappa shape index (κ1) is 18.0. The van der Waals surface area contributed by atoms with Crippen LogP contribution in [0.1, 0.15) is 29.4 Å². The van der Waals surface area contributed by atoms with E-state index < -0.39 is 5.63 Å². The second-order valence-corrected chi connectivity index (χ2v) is 7.14. The molecule has 0 bridgehead atoms. The summed E-state index contributed by atoms with van der Waals surface area (Å²) in [6, 6.07) is 19.2. The van der Waals surface area contributed by atoms with Crippen LogP contribution in [0.4, 0.5) is 0 Å². The average Bonchev–Trinajstić information content (AvgIpc) is 3.06. The van der Waals surface area contributed by atoms with Gasteiger partial charge in [-0.3, -0.25) is 4.79 Å². The Bertz CT molecular complexity index is 1210. The molecule has 5 nitrogen and oxygen atoms in total. The minimum atomic E-state index is -0.430. The number of aromatic nitrogens is 1. The van der Waals surface area contributed by atoms with Crippen LogP contribution in [0.3, 0.4) is 0 Å². The molecule has 2 aromatic heterocycles. The lowest BCUT2D eigenvalue weighted by Gasteiger charge is -2.14. The van der Waals surface area contributed by atoms with Gasteiger partial charge in [-0.15, -0.1) is 0 Å². The van der Waals surface area contributed by atoms with E-state index in [9.17, 15) is 9.59 Å². The van der Waals surface area contributed by atoms with Gasteiger partial charge in [-0.05, 0) is 43.5 Å². The number of carbonyl (C=O) groups excluding carboxylic acids is 1. The molecule has 28 heavy (non-hydrogen) atoms. The van der Waals surface area contributed by atoms with Gasteiger partial charge in [0.1, 0.15) is 11.3 Å². The summed E-state index contributed by atoms with van der Waals surface area (Å²) in [4.78, 5) is 25.2. The van der Waals surface area contributed by atoms with Crippen molar-refractivity contribution in [2.24, 2.45) is 7.05 Å². The minimum Gasteiger partial charge on any atom is -0.422 e. The molecule has 5 heteroatoms. The summed E-state index contributed by atoms with van der Waals surface area (Å²) < 4.78 is 7.16. The van der Waals surface area contributed by atoms with Gasteiger partial charge in [-0.25, -0.2) is 4.79 Å². The zero-order valence-corrected chi connectivity index (χ0v) is 15.9. The summed E-state index contributed by atoms with van der Waals surface area (Å²) in [6.45, 7) is 1.99. The molecule has 4 aromatic rings. The van der Waals surface area contributed by atoms with Crippen molar-refractivity contribution in [3.63, 3.8) is 0 Å². The number of nitrogens with zero attached hydrogens (tertiary/aromatic N) is 1. The van der Waals surface area contributed by atoms with Crippen LogP contribution in [0.15, 0.2) is 69.9 Å². The fraction of sp³-hybridized carbons (Fsp3) is 0.217. The number of amides is 1. The van der Waals surface area contributed by atoms with Crippen molar-refractivity contribution in [2.45, 2.75) is 25.8 Å². The first-order valence-electron chi connectivity index (χ1n) is 9.40. The summed E-state index contributed by atoms with van der Waals surface area (Å²) in [5.41, 5.74) is 2.50. The van der Waals surface area contributed by atoms with E-state index in [-0.39, 0.29) is 11.9 Å². The van der Waals surface area contributed by atoms with Crippen molar-refractivity contribution in [2.75, 3.05) is 0 Å². The van der Waals surface area contributed by atoms with Gasteiger partial charge in [0.2, 0.25) is 0 Å². The highest BCUT2D eigenvalue weighted by molar-refractivity contribution is 6.07. The van der Waals surface area contributed by atoms with Crippen molar-refractivity contribution in [1.82, 2.24) is 9.88 Å². The van der Waals surface area contributed by atoms with Gasteiger partial charge in [0, 0.05) is 18.5 Å². The van der Waals surface area contributed by atoms with Crippen LogP contribution in [0.2, 0.25) is 0 Å². The summed E-state index contributed by atoms with van der Waals surface area (Å²) in [6.07, 6.45) is 1.73. The lowest BCUT2D eigenvalue weighted by molar-refractivity contribution is 0.0930. The summed E-state index contributed by atoms with van der Waals surface area (Å²) in [5, 5.41) is 4.28. The van der Waals surface area contributed by atoms with Crippen LogP contribution >= 0.6 is 0 Å². The smallest absolute Gasteiger partial charge is 0.345 e. The topological polar surface area (TPSA) is 64.2 Å². The molecule has 1 unspecified atom stereocenters. The summed E-state index contributed by atoms with van der Waals surface area (Å²) in [7, 11) is 1.80. The van der Waals surface area contributed by atoms with E-state index >= 15 is 0 Å². The maximum absolute atomic E-state index is 12.8. The maximum atomic E-state index is 12.8. The van der Waals surface area contributed by atoms with Gasteiger partial charge in [0.25, 0.3) is 5.91 Å². The predicted octanol–water partition coefficient (Wildman–Crippen LogP) is 4.04. The van der Waals surface area contributed by atoms with E-state index in [0.717, 1.165) is 18.2 Å². The van der Waals surface area contributed by atoms with Gasteiger partial charge in [0.05, 0.1) is 10.9 Å². The molecule has 1 amide bonds. The van der Waals surface area contributed by atoms with Crippen LogP contribution in [0.5, 0.6) is 0 Å². The standard InChI is InChI=1S/C23H22N2O3/c1-15(12-13-16-8-4-3-5-9-16)24-22(26)19-14-18-21(25(19)2)17-10-6-7-11-20(17)28-23(18)27/h3-11,14-15H,12-13H2,1-2H3,(H,24,26). The Labute approximate surface area is 162 Å². The van der Waals surface area contributed by atoms with Gasteiger partial charge in [0.15, 0.2) is 0 Å². The SMILES string of the molecule is CC(CCc1ccccc1)NC(=O)c1cc2c(=O)oc3ccccc3c2n1C. The van der Waals surface area contributed by atoms with Crippen molar-refractivity contribution in [1.29, 1.82) is 0 Å². The number of para-hydroxylation sites is 1. The van der Waals surface area contributed by atoms with Crippen LogP contribution in [0, 0.1) is 0 Å². The average molecular weight is 374 g/mol. The third-order valence-corrected chi connectivity index (χ3v) is 5.12. The number of carbonyl (C=O) groups is 1. The Morgan fingerprint density at radius 2 is 1.79 bits per heavy atom. The zero-order valence-electron chi connectivity index (χ0n) is 15.9. The summed E-state index contributed by atoms with van der Waals surface area (Å²) in [5.74, 6) is -0.192. The van der Waals surface area contributed by atoms with Crippen LogP contribution in [-0.4, -0.2) is 16.5 Å². The maximum Gasteiger partial charge on any atom is 0.345 e. The van der Waals surface area contributed by atoms with Crippen molar-refractivity contribution < 1.29 is 9.21 Å². The molecule has 0 saturated heterocycles. The van der Waals surface area contributed by atoms with Gasteiger partial charge >= 0.3 is 5.63 Å². The molecule has 2 heterocycles. The van der Waals surface area contributed by atoms with Gasteiger partial charge in [-0.2, -0.15) is 0 Å². The molecule has 0 aliphatic heterocycles. The molecule has 4 rings (SSSR count). The Morgan fingerprint density at radius 3 is 2.57 bits per heavy atom. The lowest BCUT2D eigenvalue weighted by Crippen LogP contribution is -2.34. The number of aryl methyl sites for hydroxylation is 2. The van der Waals surface area contributed by atoms with E-state index in [4.69, 9.17) is 4.42 Å². The van der Waals surface area contributed by atoms with Crippen molar-refractivity contribution in [3.05, 3.63) is 82.3 Å². The third-order valence-electron chi connectivity index (χ3n) is 5.12. The largest absolute Gasteiger partial charge is 0.422 e. The number of hydrogen-bond acceptors (Lipinski definition) is 3. The monoisotopic (exact) mass is 374 g/mol. The molecular formula is C23H22N2O3. The van der Waals surface area contributed by atoms with Gasteiger partial charge in [-0.1, -0.05) is 42.5 Å². The normalized spacial score (nSPS) is 12.4. The fourth-order valence-electron chi connectivity index (χ4n) is 3.61. The van der Waals surface area contributed by atoms with Crippen molar-refractivity contribution >= 4 is 27.8 Å². The quantitative estimate of drug-likeness (QED) is 0.536. The van der Waals surface area contributed by atoms with E-state index in [1.807, 2.05) is 43.3 Å². The molecule has 1 atom stereocenters. The molecule has 0 radical (unpaired) electrons. The Balaban J connectivity index is 1.59. The molecule has 0 aliphatic carbocycles. The molecule has 0 aliphatic rings. The van der Waals surface area contributed by atoms with E-state index in [1.54, 1.807) is 23.7 Å². The minimum absolute atomic E-state index is 0.0128. The molecule has 1 N–H and O–H groups in total. The highest BCUT2D eigenvalue weighted by atomic mass is 16.4. The van der Waals surface area contributed by atoms with Crippen LogP contribution in [-0.2, 0) is 13.5 Å². The molecule has 0 saturated carbocycles. The fourth-order valence-corrected chi connectivity index (χ4v) is 3.61. The highest BCUT2D eigenvalue weighted by Crippen LogP contribution is 2.25. The summed E-state index contributed by atoms with van der Waals surface area (Å²) >= 11 is 0.